The van der Waals surface area contributed by atoms with Crippen LogP contribution in [0.15, 0.2) is 36.7 Å². The van der Waals surface area contributed by atoms with Crippen LogP contribution in [-0.4, -0.2) is 4.98 Å². The quantitative estimate of drug-likeness (QED) is 0.298. The number of aryl methyl sites for hydroxylation is 4. The molecule has 8 rings (SSSR count). The van der Waals surface area contributed by atoms with E-state index in [1.165, 1.54) is 75.4 Å². The zero-order valence-electron chi connectivity index (χ0n) is 18.7. The molecule has 0 radical (unpaired) electrons. The fourth-order valence-electron chi connectivity index (χ4n) is 7.65. The van der Waals surface area contributed by atoms with Gasteiger partial charge in [0.25, 0.3) is 6.33 Å². The van der Waals surface area contributed by atoms with Gasteiger partial charge >= 0.3 is 0 Å². The number of nitrogens with zero attached hydrogens (tertiary/aromatic N) is 2. The molecule has 0 saturated heterocycles. The summed E-state index contributed by atoms with van der Waals surface area (Å²) in [5.41, 5.74) is 9.26. The lowest BCUT2D eigenvalue weighted by Crippen LogP contribution is -2.33. The van der Waals surface area contributed by atoms with Gasteiger partial charge in [-0.15, -0.1) is 0 Å². The van der Waals surface area contributed by atoms with Crippen LogP contribution in [0, 0.1) is 18.8 Å². The Hall–Kier alpha value is -2.94. The van der Waals surface area contributed by atoms with Crippen molar-refractivity contribution in [3.05, 3.63) is 58.9 Å². The maximum absolute atomic E-state index is 6.88. The van der Waals surface area contributed by atoms with E-state index in [4.69, 9.17) is 9.72 Å². The van der Waals surface area contributed by atoms with Crippen LogP contribution in [0.1, 0.15) is 53.9 Å². The van der Waals surface area contributed by atoms with Gasteiger partial charge in [0.1, 0.15) is 16.9 Å². The first-order chi connectivity index (χ1) is 15.7. The zero-order chi connectivity index (χ0) is 21.1. The number of fused-ring (bicyclic) bond motifs is 5. The van der Waals surface area contributed by atoms with Gasteiger partial charge in [-0.05, 0) is 101 Å². The molecule has 32 heavy (non-hydrogen) atoms. The van der Waals surface area contributed by atoms with Gasteiger partial charge in [0.05, 0.1) is 12.6 Å². The molecule has 4 aliphatic rings. The maximum atomic E-state index is 6.88. The number of ether oxygens (including phenoxy) is 1. The van der Waals surface area contributed by atoms with E-state index in [-0.39, 0.29) is 0 Å². The summed E-state index contributed by atoms with van der Waals surface area (Å²) in [7, 11) is 2.13. The lowest BCUT2D eigenvalue weighted by Gasteiger charge is -2.27. The Morgan fingerprint density at radius 2 is 2.00 bits per heavy atom. The largest absolute Gasteiger partial charge is 0.455 e. The number of hydrogen-bond acceptors (Lipinski definition) is 2. The Balaban J connectivity index is 1.44. The third kappa shape index (κ3) is 2.08. The Morgan fingerprint density at radius 1 is 1.06 bits per heavy atom. The summed E-state index contributed by atoms with van der Waals surface area (Å²) in [5.74, 6) is 4.58. The molecule has 2 bridgehead atoms. The third-order valence-electron chi connectivity index (χ3n) is 9.06. The summed E-state index contributed by atoms with van der Waals surface area (Å²) in [5, 5.41) is 3.99. The Bertz CT molecular complexity index is 1500. The molecular formula is C29H27N2O+. The Morgan fingerprint density at radius 3 is 2.84 bits per heavy atom. The monoisotopic (exact) mass is 419 g/mol. The van der Waals surface area contributed by atoms with Crippen molar-refractivity contribution in [3.63, 3.8) is 0 Å². The molecule has 3 nitrogen and oxygen atoms in total. The van der Waals surface area contributed by atoms with Crippen molar-refractivity contribution in [2.24, 2.45) is 18.9 Å². The van der Waals surface area contributed by atoms with Gasteiger partial charge in [0, 0.05) is 5.56 Å². The molecule has 2 saturated carbocycles. The topological polar surface area (TPSA) is 26.0 Å². The van der Waals surface area contributed by atoms with E-state index in [9.17, 15) is 0 Å². The average Bonchev–Trinajstić information content (AvgIpc) is 3.55. The minimum Gasteiger partial charge on any atom is -0.455 e. The van der Waals surface area contributed by atoms with Crippen molar-refractivity contribution in [2.45, 2.75) is 51.4 Å². The highest BCUT2D eigenvalue weighted by Gasteiger charge is 2.41. The van der Waals surface area contributed by atoms with E-state index < -0.39 is 0 Å². The third-order valence-corrected chi connectivity index (χ3v) is 9.06. The SMILES string of the molecule is Cc1c2c(c3c4c(cccc14)CC3)Oc1cc(C3CC4CCC3C4)cc3nc[n+](C)c-2c13. The minimum atomic E-state index is 0.679. The van der Waals surface area contributed by atoms with Crippen LogP contribution in [0.2, 0.25) is 0 Å². The van der Waals surface area contributed by atoms with E-state index in [0.29, 0.717) is 5.92 Å². The van der Waals surface area contributed by atoms with Crippen molar-refractivity contribution in [3.8, 4) is 22.8 Å². The summed E-state index contributed by atoms with van der Waals surface area (Å²) < 4.78 is 9.08. The first kappa shape index (κ1) is 17.6. The summed E-state index contributed by atoms with van der Waals surface area (Å²) in [6.45, 7) is 2.27. The molecule has 2 fully saturated rings. The lowest BCUT2D eigenvalue weighted by molar-refractivity contribution is -0.662. The van der Waals surface area contributed by atoms with Gasteiger partial charge in [0.15, 0.2) is 11.2 Å². The summed E-state index contributed by atoms with van der Waals surface area (Å²) in [6, 6.07) is 11.5. The van der Waals surface area contributed by atoms with Gasteiger partial charge < -0.3 is 4.74 Å². The van der Waals surface area contributed by atoms with Gasteiger partial charge in [-0.25, -0.2) is 4.57 Å². The molecule has 3 atom stereocenters. The molecule has 0 spiro atoms. The first-order valence-electron chi connectivity index (χ1n) is 12.2. The minimum absolute atomic E-state index is 0.679. The smallest absolute Gasteiger partial charge is 0.287 e. The fourth-order valence-corrected chi connectivity index (χ4v) is 7.65. The van der Waals surface area contributed by atoms with Crippen LogP contribution in [0.3, 0.4) is 0 Å². The van der Waals surface area contributed by atoms with Gasteiger partial charge in [0.2, 0.25) is 0 Å². The molecule has 158 valence electrons. The van der Waals surface area contributed by atoms with Crippen LogP contribution in [0.4, 0.5) is 0 Å². The highest BCUT2D eigenvalue weighted by atomic mass is 16.5. The van der Waals surface area contributed by atoms with Crippen molar-refractivity contribution in [1.82, 2.24) is 4.98 Å². The number of benzene rings is 3. The Labute approximate surface area is 188 Å². The molecule has 1 aromatic heterocycles. The van der Waals surface area contributed by atoms with Crippen LogP contribution in [-0.2, 0) is 19.9 Å². The van der Waals surface area contributed by atoms with E-state index >= 15 is 0 Å². The number of aromatic nitrogens is 2. The molecule has 1 aliphatic heterocycles. The molecule has 0 amide bonds. The molecule has 2 heterocycles. The lowest BCUT2D eigenvalue weighted by atomic mass is 9.82. The second-order valence-corrected chi connectivity index (χ2v) is 10.6. The van der Waals surface area contributed by atoms with E-state index in [1.807, 2.05) is 6.33 Å². The van der Waals surface area contributed by atoms with E-state index in [1.54, 1.807) is 0 Å². The molecule has 0 N–H and O–H groups in total. The predicted octanol–water partition coefficient (Wildman–Crippen LogP) is 6.30. The van der Waals surface area contributed by atoms with Gasteiger partial charge in [-0.3, -0.25) is 0 Å². The van der Waals surface area contributed by atoms with Crippen molar-refractivity contribution >= 4 is 21.7 Å². The van der Waals surface area contributed by atoms with Gasteiger partial charge in [-0.1, -0.05) is 24.6 Å². The highest BCUT2D eigenvalue weighted by Crippen LogP contribution is 2.56. The van der Waals surface area contributed by atoms with Crippen molar-refractivity contribution < 1.29 is 9.30 Å². The van der Waals surface area contributed by atoms with Crippen LogP contribution < -0.4 is 9.30 Å². The second kappa shape index (κ2) is 5.89. The van der Waals surface area contributed by atoms with Gasteiger partial charge in [-0.2, -0.15) is 0 Å². The van der Waals surface area contributed by atoms with E-state index in [2.05, 4.69) is 48.9 Å². The highest BCUT2D eigenvalue weighted by molar-refractivity contribution is 6.07. The predicted molar refractivity (Wildman–Crippen MR) is 126 cm³/mol. The molecule has 3 heteroatoms. The molecular weight excluding hydrogens is 392 g/mol. The Kier molecular flexibility index (Phi) is 3.24. The fraction of sp³-hybridized carbons (Fsp3) is 0.379. The van der Waals surface area contributed by atoms with Crippen LogP contribution in [0.25, 0.3) is 32.9 Å². The second-order valence-electron chi connectivity index (χ2n) is 10.6. The van der Waals surface area contributed by atoms with Crippen LogP contribution >= 0.6 is 0 Å². The standard InChI is InChI=1S/C29H27N2O/c1-15-20-5-3-4-17-8-9-21(26(17)20)29-25(15)28-27-23(30-14-31(28)2)12-19(13-24(27)32-29)22-11-16-6-7-18(22)10-16/h3-5,12-14,16,18,22H,6-11H2,1-2H3/q+1. The zero-order valence-corrected chi connectivity index (χ0v) is 18.7. The maximum Gasteiger partial charge on any atom is 0.287 e. The van der Waals surface area contributed by atoms with Crippen molar-refractivity contribution in [1.29, 1.82) is 0 Å². The van der Waals surface area contributed by atoms with Crippen LogP contribution in [0.5, 0.6) is 11.5 Å². The average molecular weight is 420 g/mol. The summed E-state index contributed by atoms with van der Waals surface area (Å²) >= 11 is 0. The van der Waals surface area contributed by atoms with E-state index in [0.717, 1.165) is 41.7 Å². The molecule has 4 aromatic rings. The molecule has 3 unspecified atom stereocenters. The summed E-state index contributed by atoms with van der Waals surface area (Å²) in [6.07, 6.45) is 9.77. The number of hydrogen-bond donors (Lipinski definition) is 0. The first-order valence-corrected chi connectivity index (χ1v) is 12.2. The van der Waals surface area contributed by atoms with Crippen molar-refractivity contribution in [2.75, 3.05) is 0 Å². The molecule has 3 aromatic carbocycles. The molecule has 3 aliphatic carbocycles. The number of rotatable bonds is 1. The summed E-state index contributed by atoms with van der Waals surface area (Å²) in [4.78, 5) is 4.88. The normalized spacial score (nSPS) is 24.4.